The fourth-order valence-electron chi connectivity index (χ4n) is 5.13. The molecule has 1 aromatic heterocycles. The van der Waals surface area contributed by atoms with Gasteiger partial charge in [0, 0.05) is 23.7 Å². The largest absolute Gasteiger partial charge is 0.351 e. The summed E-state index contributed by atoms with van der Waals surface area (Å²) >= 11 is 0. The number of nitrogens with zero attached hydrogens (tertiary/aromatic N) is 1. The Bertz CT molecular complexity index is 444. The van der Waals surface area contributed by atoms with Crippen molar-refractivity contribution in [2.24, 2.45) is 23.2 Å². The highest BCUT2D eigenvalue weighted by Crippen LogP contribution is 2.60. The van der Waals surface area contributed by atoms with Crippen LogP contribution in [0.1, 0.15) is 44.1 Å². The van der Waals surface area contributed by atoms with Crippen molar-refractivity contribution in [1.29, 1.82) is 0 Å². The Morgan fingerprint density at radius 1 is 1.26 bits per heavy atom. The van der Waals surface area contributed by atoms with E-state index in [1.165, 1.54) is 19.3 Å². The van der Waals surface area contributed by atoms with Gasteiger partial charge in [0.05, 0.1) is 6.20 Å². The van der Waals surface area contributed by atoms with E-state index in [1.807, 2.05) is 6.20 Å². The number of carbonyl (C=O) groups excluding carboxylic acids is 1. The summed E-state index contributed by atoms with van der Waals surface area (Å²) in [5.41, 5.74) is 1.02. The molecule has 19 heavy (non-hydrogen) atoms. The number of H-pyrrole nitrogens is 1. The first kappa shape index (κ1) is 11.5. The van der Waals surface area contributed by atoms with Crippen LogP contribution in [0, 0.1) is 23.2 Å². The molecule has 0 unspecified atom stereocenters. The van der Waals surface area contributed by atoms with Crippen LogP contribution in [0.5, 0.6) is 0 Å². The SMILES string of the molecule is O=C(NCc1cn[nH]c1)C12CC3CC(CC(C3)C1)C2. The van der Waals surface area contributed by atoms with Crippen molar-refractivity contribution in [3.8, 4) is 0 Å². The second kappa shape index (κ2) is 4.09. The maximum absolute atomic E-state index is 12.7. The van der Waals surface area contributed by atoms with Crippen LogP contribution in [0.4, 0.5) is 0 Å². The van der Waals surface area contributed by atoms with Crippen molar-refractivity contribution in [3.63, 3.8) is 0 Å². The molecule has 4 fully saturated rings. The van der Waals surface area contributed by atoms with Crippen molar-refractivity contribution in [2.45, 2.75) is 45.1 Å². The lowest BCUT2D eigenvalue weighted by atomic mass is 9.49. The second-order valence-corrected chi connectivity index (χ2v) is 6.99. The normalized spacial score (nSPS) is 39.5. The minimum Gasteiger partial charge on any atom is -0.351 e. The van der Waals surface area contributed by atoms with Gasteiger partial charge in [0.15, 0.2) is 0 Å². The lowest BCUT2D eigenvalue weighted by molar-refractivity contribution is -0.146. The van der Waals surface area contributed by atoms with E-state index in [-0.39, 0.29) is 5.41 Å². The third-order valence-corrected chi connectivity index (χ3v) is 5.53. The van der Waals surface area contributed by atoms with Gasteiger partial charge in [-0.25, -0.2) is 0 Å². The Kier molecular flexibility index (Phi) is 2.47. The number of carbonyl (C=O) groups is 1. The van der Waals surface area contributed by atoms with Crippen molar-refractivity contribution in [3.05, 3.63) is 18.0 Å². The molecule has 0 atom stereocenters. The molecule has 1 aromatic rings. The molecule has 4 heteroatoms. The van der Waals surface area contributed by atoms with E-state index in [4.69, 9.17) is 0 Å². The van der Waals surface area contributed by atoms with Gasteiger partial charge in [0.25, 0.3) is 0 Å². The van der Waals surface area contributed by atoms with E-state index in [0.29, 0.717) is 12.5 Å². The number of aromatic nitrogens is 2. The Balaban J connectivity index is 1.47. The zero-order chi connectivity index (χ0) is 12.9. The van der Waals surface area contributed by atoms with Crippen molar-refractivity contribution in [1.82, 2.24) is 15.5 Å². The van der Waals surface area contributed by atoms with Crippen molar-refractivity contribution in [2.75, 3.05) is 0 Å². The number of hydrogen-bond acceptors (Lipinski definition) is 2. The molecule has 0 aromatic carbocycles. The zero-order valence-corrected chi connectivity index (χ0v) is 11.2. The highest BCUT2D eigenvalue weighted by molar-refractivity contribution is 5.83. The molecule has 0 aliphatic heterocycles. The zero-order valence-electron chi connectivity index (χ0n) is 11.2. The van der Waals surface area contributed by atoms with Crippen LogP contribution in [-0.2, 0) is 11.3 Å². The number of rotatable bonds is 3. The van der Waals surface area contributed by atoms with Crippen LogP contribution >= 0.6 is 0 Å². The highest BCUT2D eigenvalue weighted by atomic mass is 16.2. The maximum atomic E-state index is 12.7. The van der Waals surface area contributed by atoms with Crippen LogP contribution in [-0.4, -0.2) is 16.1 Å². The quantitative estimate of drug-likeness (QED) is 0.874. The van der Waals surface area contributed by atoms with Gasteiger partial charge in [0.1, 0.15) is 0 Å². The predicted octanol–water partition coefficient (Wildman–Crippen LogP) is 2.24. The predicted molar refractivity (Wildman–Crippen MR) is 71.0 cm³/mol. The lowest BCUT2D eigenvalue weighted by Crippen LogP contribution is -2.53. The molecule has 4 bridgehead atoms. The first-order valence-electron chi connectivity index (χ1n) is 7.49. The van der Waals surface area contributed by atoms with Gasteiger partial charge in [-0.3, -0.25) is 9.89 Å². The average molecular weight is 259 g/mol. The van der Waals surface area contributed by atoms with Crippen LogP contribution < -0.4 is 5.32 Å². The lowest BCUT2D eigenvalue weighted by Gasteiger charge is -2.55. The summed E-state index contributed by atoms with van der Waals surface area (Å²) in [6.07, 6.45) is 11.2. The molecule has 4 aliphatic rings. The first-order chi connectivity index (χ1) is 9.23. The molecule has 4 aliphatic carbocycles. The molecule has 0 radical (unpaired) electrons. The van der Waals surface area contributed by atoms with Crippen LogP contribution in [0.25, 0.3) is 0 Å². The summed E-state index contributed by atoms with van der Waals surface area (Å²) in [6.45, 7) is 0.608. The van der Waals surface area contributed by atoms with E-state index in [9.17, 15) is 4.79 Å². The van der Waals surface area contributed by atoms with Gasteiger partial charge < -0.3 is 5.32 Å². The van der Waals surface area contributed by atoms with E-state index in [2.05, 4.69) is 15.5 Å². The summed E-state index contributed by atoms with van der Waals surface area (Å²) < 4.78 is 0. The molecule has 2 N–H and O–H groups in total. The van der Waals surface area contributed by atoms with E-state index < -0.39 is 0 Å². The minimum absolute atomic E-state index is 0.0293. The minimum atomic E-state index is -0.0293. The van der Waals surface area contributed by atoms with Gasteiger partial charge >= 0.3 is 0 Å². The van der Waals surface area contributed by atoms with Gasteiger partial charge in [-0.15, -0.1) is 0 Å². The molecule has 4 nitrogen and oxygen atoms in total. The maximum Gasteiger partial charge on any atom is 0.226 e. The van der Waals surface area contributed by atoms with Gasteiger partial charge in [-0.2, -0.15) is 5.10 Å². The van der Waals surface area contributed by atoms with E-state index in [1.54, 1.807) is 6.20 Å². The second-order valence-electron chi connectivity index (χ2n) is 6.99. The Labute approximate surface area is 113 Å². The number of nitrogens with one attached hydrogen (secondary N) is 2. The summed E-state index contributed by atoms with van der Waals surface area (Å²) in [5.74, 6) is 2.77. The summed E-state index contributed by atoms with van der Waals surface area (Å²) in [7, 11) is 0. The molecular weight excluding hydrogens is 238 g/mol. The van der Waals surface area contributed by atoms with E-state index in [0.717, 1.165) is 42.6 Å². The van der Waals surface area contributed by atoms with Crippen molar-refractivity contribution >= 4 is 5.91 Å². The Hall–Kier alpha value is -1.32. The summed E-state index contributed by atoms with van der Waals surface area (Å²) in [4.78, 5) is 12.7. The first-order valence-corrected chi connectivity index (χ1v) is 7.49. The third-order valence-electron chi connectivity index (χ3n) is 5.53. The van der Waals surface area contributed by atoms with Gasteiger partial charge in [0.2, 0.25) is 5.91 Å². The fourth-order valence-corrected chi connectivity index (χ4v) is 5.13. The molecule has 1 amide bonds. The fraction of sp³-hybridized carbons (Fsp3) is 0.733. The summed E-state index contributed by atoms with van der Waals surface area (Å²) in [5, 5.41) is 9.85. The van der Waals surface area contributed by atoms with Gasteiger partial charge in [-0.1, -0.05) is 0 Å². The van der Waals surface area contributed by atoms with Gasteiger partial charge in [-0.05, 0) is 56.3 Å². The topological polar surface area (TPSA) is 57.8 Å². The highest BCUT2D eigenvalue weighted by Gasteiger charge is 2.54. The molecule has 4 saturated carbocycles. The molecular formula is C15H21N3O. The molecule has 0 saturated heterocycles. The third kappa shape index (κ3) is 1.88. The smallest absolute Gasteiger partial charge is 0.226 e. The molecule has 102 valence electrons. The van der Waals surface area contributed by atoms with Crippen LogP contribution in [0.2, 0.25) is 0 Å². The molecule has 5 rings (SSSR count). The molecule has 1 heterocycles. The van der Waals surface area contributed by atoms with Crippen LogP contribution in [0.3, 0.4) is 0 Å². The monoisotopic (exact) mass is 259 g/mol. The number of aromatic amines is 1. The molecule has 0 spiro atoms. The number of amides is 1. The average Bonchev–Trinajstić information content (AvgIpc) is 2.87. The standard InChI is InChI=1S/C15H21N3O/c19-14(16-7-13-8-17-18-9-13)15-4-10-1-11(5-15)3-12(2-10)6-15/h8-12H,1-7H2,(H,16,19)(H,17,18). The van der Waals surface area contributed by atoms with Crippen LogP contribution in [0.15, 0.2) is 12.4 Å². The number of hydrogen-bond donors (Lipinski definition) is 2. The van der Waals surface area contributed by atoms with E-state index >= 15 is 0 Å². The summed E-state index contributed by atoms with van der Waals surface area (Å²) in [6, 6.07) is 0. The Morgan fingerprint density at radius 2 is 1.89 bits per heavy atom. The Morgan fingerprint density at radius 3 is 2.42 bits per heavy atom. The van der Waals surface area contributed by atoms with Crippen molar-refractivity contribution < 1.29 is 4.79 Å².